The van der Waals surface area contributed by atoms with Crippen molar-refractivity contribution in [1.82, 2.24) is 20.1 Å². The summed E-state index contributed by atoms with van der Waals surface area (Å²) < 4.78 is 4.90. The normalized spacial score (nSPS) is 10.8. The highest BCUT2D eigenvalue weighted by Gasteiger charge is 2.02. The number of H-pyrrole nitrogens is 1. The van der Waals surface area contributed by atoms with E-state index >= 15 is 0 Å². The smallest absolute Gasteiger partial charge is 0.228 e. The van der Waals surface area contributed by atoms with Gasteiger partial charge in [0.15, 0.2) is 6.33 Å². The van der Waals surface area contributed by atoms with Crippen molar-refractivity contribution in [2.24, 2.45) is 0 Å². The van der Waals surface area contributed by atoms with Gasteiger partial charge in [0.25, 0.3) is 0 Å². The maximum atomic E-state index is 4.90. The molecule has 2 N–H and O–H groups in total. The molecule has 0 spiro atoms. The van der Waals surface area contributed by atoms with Gasteiger partial charge < -0.3 is 14.8 Å². The van der Waals surface area contributed by atoms with Gasteiger partial charge in [-0.3, -0.25) is 0 Å². The molecule has 0 aliphatic heterocycles. The number of rotatable bonds is 4. The average Bonchev–Trinajstić information content (AvgIpc) is 2.96. The zero-order valence-corrected chi connectivity index (χ0v) is 9.05. The lowest BCUT2D eigenvalue weighted by molar-refractivity contribution is 0.379. The van der Waals surface area contributed by atoms with E-state index in [1.807, 2.05) is 24.3 Å². The number of nitrogens with one attached hydrogen (secondary N) is 2. The molecule has 0 radical (unpaired) electrons. The highest BCUT2D eigenvalue weighted by molar-refractivity contribution is 5.77. The van der Waals surface area contributed by atoms with Crippen LogP contribution in [0, 0.1) is 0 Å². The Morgan fingerprint density at radius 1 is 1.29 bits per heavy atom. The number of benzene rings is 1. The molecule has 0 atom stereocenters. The maximum Gasteiger partial charge on any atom is 0.228 e. The minimum absolute atomic E-state index is 0.619. The van der Waals surface area contributed by atoms with Gasteiger partial charge in [-0.05, 0) is 12.1 Å². The van der Waals surface area contributed by atoms with E-state index in [0.29, 0.717) is 18.9 Å². The number of aromatic nitrogens is 4. The molecule has 0 aliphatic carbocycles. The lowest BCUT2D eigenvalue weighted by Gasteiger charge is -1.98. The summed E-state index contributed by atoms with van der Waals surface area (Å²) in [7, 11) is 0. The summed E-state index contributed by atoms with van der Waals surface area (Å²) in [4.78, 5) is 11.5. The van der Waals surface area contributed by atoms with Crippen molar-refractivity contribution in [3.05, 3.63) is 36.5 Å². The van der Waals surface area contributed by atoms with E-state index in [1.165, 1.54) is 6.33 Å². The standard InChI is InChI=1S/C11H11N5O/c1-2-4-9-8(3-1)15-11(16-9)12-6-5-10-13-7-14-17-10/h1-4,7H,5-6H2,(H2,12,15,16). The minimum Gasteiger partial charge on any atom is -0.355 e. The lowest BCUT2D eigenvalue weighted by atomic mass is 10.3. The van der Waals surface area contributed by atoms with Crippen molar-refractivity contribution in [2.45, 2.75) is 6.42 Å². The summed E-state index contributed by atoms with van der Waals surface area (Å²) in [5.74, 6) is 1.37. The molecular weight excluding hydrogens is 218 g/mol. The number of nitrogens with zero attached hydrogens (tertiary/aromatic N) is 3. The van der Waals surface area contributed by atoms with Crippen molar-refractivity contribution < 1.29 is 4.52 Å². The molecule has 1 aromatic carbocycles. The van der Waals surface area contributed by atoms with Crippen LogP contribution in [-0.2, 0) is 6.42 Å². The molecule has 0 amide bonds. The monoisotopic (exact) mass is 229 g/mol. The van der Waals surface area contributed by atoms with Gasteiger partial charge in [0, 0.05) is 13.0 Å². The van der Waals surface area contributed by atoms with Crippen LogP contribution in [0.3, 0.4) is 0 Å². The van der Waals surface area contributed by atoms with E-state index in [2.05, 4.69) is 25.4 Å². The Bertz CT molecular complexity index is 568. The first kappa shape index (κ1) is 9.83. The Morgan fingerprint density at radius 2 is 2.24 bits per heavy atom. The van der Waals surface area contributed by atoms with Crippen LogP contribution in [0.15, 0.2) is 35.1 Å². The number of anilines is 1. The van der Waals surface area contributed by atoms with E-state index in [1.54, 1.807) is 0 Å². The summed E-state index contributed by atoms with van der Waals surface area (Å²) >= 11 is 0. The highest BCUT2D eigenvalue weighted by Crippen LogP contribution is 2.12. The van der Waals surface area contributed by atoms with Crippen molar-refractivity contribution in [3.8, 4) is 0 Å². The fourth-order valence-electron chi connectivity index (χ4n) is 1.63. The molecule has 17 heavy (non-hydrogen) atoms. The van der Waals surface area contributed by atoms with Crippen molar-refractivity contribution in [1.29, 1.82) is 0 Å². The van der Waals surface area contributed by atoms with Crippen molar-refractivity contribution >= 4 is 17.0 Å². The van der Waals surface area contributed by atoms with Gasteiger partial charge in [0.2, 0.25) is 11.8 Å². The molecule has 6 nitrogen and oxygen atoms in total. The minimum atomic E-state index is 0.619. The molecule has 0 saturated carbocycles. The topological polar surface area (TPSA) is 79.6 Å². The fraction of sp³-hybridized carbons (Fsp3) is 0.182. The first-order valence-electron chi connectivity index (χ1n) is 5.36. The maximum absolute atomic E-state index is 4.90. The molecule has 3 aromatic rings. The Morgan fingerprint density at radius 3 is 3.06 bits per heavy atom. The third-order valence-electron chi connectivity index (χ3n) is 2.43. The second-order valence-electron chi connectivity index (χ2n) is 3.61. The predicted octanol–water partition coefficient (Wildman–Crippen LogP) is 1.60. The van der Waals surface area contributed by atoms with Gasteiger partial charge >= 0.3 is 0 Å². The van der Waals surface area contributed by atoms with Crippen LogP contribution in [-0.4, -0.2) is 26.7 Å². The van der Waals surface area contributed by atoms with Gasteiger partial charge in [-0.25, -0.2) is 4.98 Å². The summed E-state index contributed by atoms with van der Waals surface area (Å²) in [6.45, 7) is 0.696. The SMILES string of the molecule is c1ccc2[nH]c(NCCc3ncno3)nc2c1. The van der Waals surface area contributed by atoms with Crippen LogP contribution in [0.25, 0.3) is 11.0 Å². The van der Waals surface area contributed by atoms with Gasteiger partial charge in [-0.2, -0.15) is 4.98 Å². The van der Waals surface area contributed by atoms with E-state index in [0.717, 1.165) is 17.0 Å². The fourth-order valence-corrected chi connectivity index (χ4v) is 1.63. The Hall–Kier alpha value is -2.37. The number of para-hydroxylation sites is 2. The Balaban J connectivity index is 1.65. The first-order chi connectivity index (χ1) is 8.42. The molecule has 3 rings (SSSR count). The third kappa shape index (κ3) is 2.10. The molecular formula is C11H11N5O. The summed E-state index contributed by atoms with van der Waals surface area (Å²) in [5.41, 5.74) is 1.97. The number of fused-ring (bicyclic) bond motifs is 1. The molecule has 0 bridgehead atoms. The first-order valence-corrected chi connectivity index (χ1v) is 5.36. The van der Waals surface area contributed by atoms with E-state index in [-0.39, 0.29) is 0 Å². The summed E-state index contributed by atoms with van der Waals surface area (Å²) in [6.07, 6.45) is 2.08. The van der Waals surface area contributed by atoms with Gasteiger partial charge in [0.05, 0.1) is 11.0 Å². The van der Waals surface area contributed by atoms with Crippen LogP contribution in [0.4, 0.5) is 5.95 Å². The van der Waals surface area contributed by atoms with Gasteiger partial charge in [0.1, 0.15) is 0 Å². The molecule has 86 valence electrons. The molecule has 0 fully saturated rings. The van der Waals surface area contributed by atoms with E-state index in [9.17, 15) is 0 Å². The second kappa shape index (κ2) is 4.25. The van der Waals surface area contributed by atoms with E-state index in [4.69, 9.17) is 4.52 Å². The Kier molecular flexibility index (Phi) is 2.45. The Labute approximate surface area is 97.1 Å². The number of aromatic amines is 1. The quantitative estimate of drug-likeness (QED) is 0.710. The predicted molar refractivity (Wildman–Crippen MR) is 62.6 cm³/mol. The highest BCUT2D eigenvalue weighted by atomic mass is 16.5. The van der Waals surface area contributed by atoms with Crippen LogP contribution < -0.4 is 5.32 Å². The van der Waals surface area contributed by atoms with Gasteiger partial charge in [-0.15, -0.1) is 0 Å². The van der Waals surface area contributed by atoms with Crippen LogP contribution >= 0.6 is 0 Å². The summed E-state index contributed by atoms with van der Waals surface area (Å²) in [6, 6.07) is 7.90. The van der Waals surface area contributed by atoms with Crippen LogP contribution in [0.2, 0.25) is 0 Å². The summed E-state index contributed by atoms with van der Waals surface area (Å²) in [5, 5.41) is 6.72. The number of imidazole rings is 1. The van der Waals surface area contributed by atoms with Crippen molar-refractivity contribution in [3.63, 3.8) is 0 Å². The third-order valence-corrected chi connectivity index (χ3v) is 2.43. The molecule has 6 heteroatoms. The molecule has 2 aromatic heterocycles. The van der Waals surface area contributed by atoms with Crippen LogP contribution in [0.1, 0.15) is 5.89 Å². The largest absolute Gasteiger partial charge is 0.355 e. The molecule has 0 unspecified atom stereocenters. The number of hydrogen-bond acceptors (Lipinski definition) is 5. The van der Waals surface area contributed by atoms with E-state index < -0.39 is 0 Å². The number of hydrogen-bond donors (Lipinski definition) is 2. The molecule has 2 heterocycles. The average molecular weight is 229 g/mol. The zero-order chi connectivity index (χ0) is 11.5. The van der Waals surface area contributed by atoms with Crippen LogP contribution in [0.5, 0.6) is 0 Å². The lowest BCUT2D eigenvalue weighted by Crippen LogP contribution is -2.06. The van der Waals surface area contributed by atoms with Crippen molar-refractivity contribution in [2.75, 3.05) is 11.9 Å². The van der Waals surface area contributed by atoms with Gasteiger partial charge in [-0.1, -0.05) is 17.3 Å². The molecule has 0 saturated heterocycles. The zero-order valence-electron chi connectivity index (χ0n) is 9.05. The molecule has 0 aliphatic rings. The second-order valence-corrected chi connectivity index (χ2v) is 3.61.